The fraction of sp³-hybridized carbons (Fsp3) is 0.273. The number of benzene rings is 1. The van der Waals surface area contributed by atoms with Crippen molar-refractivity contribution in [2.45, 2.75) is 19.4 Å². The Morgan fingerprint density at radius 1 is 1.44 bits per heavy atom. The smallest absolute Gasteiger partial charge is 0.243 e. The van der Waals surface area contributed by atoms with Gasteiger partial charge in [0.05, 0.1) is 6.04 Å². The molecule has 0 aliphatic rings. The lowest BCUT2D eigenvalue weighted by atomic mass is 10.1. The summed E-state index contributed by atoms with van der Waals surface area (Å²) in [6.07, 6.45) is 0.637. The maximum Gasteiger partial charge on any atom is 0.243 e. The van der Waals surface area contributed by atoms with Crippen molar-refractivity contribution in [1.82, 2.24) is 10.1 Å². The van der Waals surface area contributed by atoms with Crippen LogP contribution in [0.4, 0.5) is 0 Å². The van der Waals surface area contributed by atoms with Crippen molar-refractivity contribution in [3.8, 4) is 0 Å². The summed E-state index contributed by atoms with van der Waals surface area (Å²) in [5.41, 5.74) is 6.77. The number of aromatic nitrogens is 2. The second-order valence-corrected chi connectivity index (χ2v) is 4.46. The minimum atomic E-state index is -0.222. The standard InChI is InChI=1S/C11H12BrN3O/c1-7(13)11-14-10(15-16-11)6-8-4-2-3-5-9(8)12/h2-5,7H,6,13H2,1H3. The van der Waals surface area contributed by atoms with E-state index in [0.717, 1.165) is 10.0 Å². The number of nitrogens with zero attached hydrogens (tertiary/aromatic N) is 2. The zero-order chi connectivity index (χ0) is 11.5. The molecule has 1 unspecified atom stereocenters. The van der Waals surface area contributed by atoms with Crippen LogP contribution in [-0.2, 0) is 6.42 Å². The van der Waals surface area contributed by atoms with Gasteiger partial charge in [0.2, 0.25) is 5.89 Å². The minimum absolute atomic E-state index is 0.222. The Morgan fingerprint density at radius 2 is 2.19 bits per heavy atom. The monoisotopic (exact) mass is 281 g/mol. The Morgan fingerprint density at radius 3 is 2.81 bits per heavy atom. The van der Waals surface area contributed by atoms with Gasteiger partial charge in [0.1, 0.15) is 0 Å². The van der Waals surface area contributed by atoms with Gasteiger partial charge in [-0.15, -0.1) is 0 Å². The quantitative estimate of drug-likeness (QED) is 0.939. The molecule has 0 amide bonds. The maximum atomic E-state index is 5.64. The first-order valence-corrected chi connectivity index (χ1v) is 5.77. The van der Waals surface area contributed by atoms with Crippen LogP contribution in [0.25, 0.3) is 0 Å². The van der Waals surface area contributed by atoms with Crippen molar-refractivity contribution in [1.29, 1.82) is 0 Å². The van der Waals surface area contributed by atoms with Crippen LogP contribution in [0.5, 0.6) is 0 Å². The highest BCUT2D eigenvalue weighted by Gasteiger charge is 2.11. The van der Waals surface area contributed by atoms with Crippen molar-refractivity contribution in [2.24, 2.45) is 5.73 Å². The van der Waals surface area contributed by atoms with Gasteiger partial charge < -0.3 is 10.3 Å². The molecule has 84 valence electrons. The normalized spacial score (nSPS) is 12.7. The molecule has 0 saturated heterocycles. The SMILES string of the molecule is CC(N)c1nc(Cc2ccccc2Br)no1. The predicted molar refractivity (Wildman–Crippen MR) is 63.8 cm³/mol. The third-order valence-electron chi connectivity index (χ3n) is 2.18. The number of nitrogens with two attached hydrogens (primary N) is 1. The maximum absolute atomic E-state index is 5.64. The van der Waals surface area contributed by atoms with Crippen LogP contribution in [0.3, 0.4) is 0 Å². The van der Waals surface area contributed by atoms with Crippen LogP contribution in [0.1, 0.15) is 30.2 Å². The third-order valence-corrected chi connectivity index (χ3v) is 2.95. The van der Waals surface area contributed by atoms with Crippen LogP contribution in [-0.4, -0.2) is 10.1 Å². The summed E-state index contributed by atoms with van der Waals surface area (Å²) in [5, 5.41) is 3.89. The molecule has 2 rings (SSSR count). The highest BCUT2D eigenvalue weighted by Crippen LogP contribution is 2.18. The van der Waals surface area contributed by atoms with E-state index < -0.39 is 0 Å². The van der Waals surface area contributed by atoms with E-state index in [-0.39, 0.29) is 6.04 Å². The fourth-order valence-corrected chi connectivity index (χ4v) is 1.76. The Labute approximate surface area is 102 Å². The number of hydrogen-bond acceptors (Lipinski definition) is 4. The van der Waals surface area contributed by atoms with E-state index in [1.54, 1.807) is 0 Å². The predicted octanol–water partition coefficient (Wildman–Crippen LogP) is 2.44. The Hall–Kier alpha value is -1.20. The average molecular weight is 282 g/mol. The van der Waals surface area contributed by atoms with Crippen molar-refractivity contribution in [3.05, 3.63) is 46.0 Å². The van der Waals surface area contributed by atoms with E-state index in [1.165, 1.54) is 0 Å². The summed E-state index contributed by atoms with van der Waals surface area (Å²) in [6.45, 7) is 1.82. The molecule has 2 aromatic rings. The molecule has 0 saturated carbocycles. The van der Waals surface area contributed by atoms with Crippen LogP contribution in [0.15, 0.2) is 33.3 Å². The molecule has 1 atom stereocenters. The summed E-state index contributed by atoms with van der Waals surface area (Å²) >= 11 is 3.48. The van der Waals surface area contributed by atoms with E-state index in [2.05, 4.69) is 26.1 Å². The van der Waals surface area contributed by atoms with Crippen LogP contribution < -0.4 is 5.73 Å². The number of halogens is 1. The third kappa shape index (κ3) is 2.48. The molecule has 1 heterocycles. The van der Waals surface area contributed by atoms with Crippen molar-refractivity contribution in [3.63, 3.8) is 0 Å². The molecule has 16 heavy (non-hydrogen) atoms. The van der Waals surface area contributed by atoms with Gasteiger partial charge in [-0.1, -0.05) is 39.3 Å². The van der Waals surface area contributed by atoms with Crippen molar-refractivity contribution < 1.29 is 4.52 Å². The van der Waals surface area contributed by atoms with Gasteiger partial charge in [-0.3, -0.25) is 0 Å². The summed E-state index contributed by atoms with van der Waals surface area (Å²) in [6, 6.07) is 7.73. The molecule has 0 spiro atoms. The van der Waals surface area contributed by atoms with E-state index in [1.807, 2.05) is 31.2 Å². The first kappa shape index (κ1) is 11.3. The van der Waals surface area contributed by atoms with Gasteiger partial charge in [0.15, 0.2) is 5.82 Å². The van der Waals surface area contributed by atoms with Gasteiger partial charge in [-0.25, -0.2) is 0 Å². The molecule has 1 aromatic carbocycles. The summed E-state index contributed by atoms with van der Waals surface area (Å²) in [4.78, 5) is 4.22. The number of rotatable bonds is 3. The number of hydrogen-bond donors (Lipinski definition) is 1. The first-order valence-electron chi connectivity index (χ1n) is 4.98. The fourth-order valence-electron chi connectivity index (χ4n) is 1.34. The largest absolute Gasteiger partial charge is 0.338 e. The molecule has 2 N–H and O–H groups in total. The molecule has 0 aliphatic heterocycles. The lowest BCUT2D eigenvalue weighted by Gasteiger charge is -1.99. The molecule has 1 aromatic heterocycles. The molecular formula is C11H12BrN3O. The zero-order valence-electron chi connectivity index (χ0n) is 8.85. The molecule has 0 aliphatic carbocycles. The highest BCUT2D eigenvalue weighted by atomic mass is 79.9. The van der Waals surface area contributed by atoms with E-state index >= 15 is 0 Å². The molecular weight excluding hydrogens is 270 g/mol. The van der Waals surface area contributed by atoms with E-state index in [4.69, 9.17) is 10.3 Å². The lowest BCUT2D eigenvalue weighted by Crippen LogP contribution is -2.05. The van der Waals surface area contributed by atoms with Gasteiger partial charge in [-0.05, 0) is 18.6 Å². The van der Waals surface area contributed by atoms with Gasteiger partial charge >= 0.3 is 0 Å². The molecule has 0 bridgehead atoms. The average Bonchev–Trinajstić information content (AvgIpc) is 2.70. The van der Waals surface area contributed by atoms with E-state index in [9.17, 15) is 0 Å². The summed E-state index contributed by atoms with van der Waals surface area (Å²) < 4.78 is 6.08. The van der Waals surface area contributed by atoms with Crippen LogP contribution in [0, 0.1) is 0 Å². The van der Waals surface area contributed by atoms with Gasteiger partial charge in [0, 0.05) is 10.9 Å². The molecule has 4 nitrogen and oxygen atoms in total. The van der Waals surface area contributed by atoms with Gasteiger partial charge in [0.25, 0.3) is 0 Å². The van der Waals surface area contributed by atoms with Crippen molar-refractivity contribution in [2.75, 3.05) is 0 Å². The molecule has 0 fully saturated rings. The Balaban J connectivity index is 2.18. The van der Waals surface area contributed by atoms with Crippen molar-refractivity contribution >= 4 is 15.9 Å². The highest BCUT2D eigenvalue weighted by molar-refractivity contribution is 9.10. The molecule has 0 radical (unpaired) electrons. The Bertz CT molecular complexity index is 482. The topological polar surface area (TPSA) is 64.9 Å². The van der Waals surface area contributed by atoms with Crippen LogP contribution >= 0.6 is 15.9 Å². The summed E-state index contributed by atoms with van der Waals surface area (Å²) in [7, 11) is 0. The lowest BCUT2D eigenvalue weighted by molar-refractivity contribution is 0.358. The first-order chi connectivity index (χ1) is 7.66. The second-order valence-electron chi connectivity index (χ2n) is 3.61. The van der Waals surface area contributed by atoms with Crippen LogP contribution in [0.2, 0.25) is 0 Å². The van der Waals surface area contributed by atoms with E-state index in [0.29, 0.717) is 18.1 Å². The second kappa shape index (κ2) is 4.76. The summed E-state index contributed by atoms with van der Waals surface area (Å²) in [5.74, 6) is 1.13. The minimum Gasteiger partial charge on any atom is -0.338 e. The molecule has 5 heteroatoms. The Kier molecular flexibility index (Phi) is 3.36. The van der Waals surface area contributed by atoms with Gasteiger partial charge in [-0.2, -0.15) is 4.98 Å². The zero-order valence-corrected chi connectivity index (χ0v) is 10.4.